The number of hydrogen-bond acceptors (Lipinski definition) is 8. The maximum Gasteiger partial charge on any atom is 0.270 e. The van der Waals surface area contributed by atoms with Crippen LogP contribution in [0.1, 0.15) is 29.1 Å². The monoisotopic (exact) mass is 485 g/mol. The van der Waals surface area contributed by atoms with Crippen molar-refractivity contribution >= 4 is 49.9 Å². The summed E-state index contributed by atoms with van der Waals surface area (Å²) in [6.45, 7) is 1.78. The van der Waals surface area contributed by atoms with E-state index in [1.807, 2.05) is 11.6 Å². The van der Waals surface area contributed by atoms with E-state index < -0.39 is 15.9 Å². The van der Waals surface area contributed by atoms with E-state index in [2.05, 4.69) is 30.6 Å². The van der Waals surface area contributed by atoms with Crippen LogP contribution < -0.4 is 10.6 Å². The van der Waals surface area contributed by atoms with E-state index >= 15 is 0 Å². The van der Waals surface area contributed by atoms with Gasteiger partial charge in [0.05, 0.1) is 57.8 Å². The number of sulfone groups is 1. The molecule has 0 bridgehead atoms. The summed E-state index contributed by atoms with van der Waals surface area (Å²) in [7, 11) is -1.54. The second kappa shape index (κ2) is 8.75. The van der Waals surface area contributed by atoms with Crippen LogP contribution in [0.4, 0.5) is 11.5 Å². The number of hydrogen-bond donors (Lipinski definition) is 2. The molecule has 0 radical (unpaired) electrons. The van der Waals surface area contributed by atoms with Crippen molar-refractivity contribution in [2.75, 3.05) is 11.6 Å². The highest BCUT2D eigenvalue weighted by molar-refractivity contribution is 7.90. The van der Waals surface area contributed by atoms with Crippen molar-refractivity contribution in [1.82, 2.24) is 29.8 Å². The molecule has 12 heteroatoms. The fourth-order valence-corrected chi connectivity index (χ4v) is 3.91. The van der Waals surface area contributed by atoms with Gasteiger partial charge in [0, 0.05) is 13.3 Å². The molecule has 3 heterocycles. The van der Waals surface area contributed by atoms with E-state index in [1.54, 1.807) is 25.5 Å². The smallest absolute Gasteiger partial charge is 0.270 e. The lowest BCUT2D eigenvalue weighted by Gasteiger charge is -2.14. The Morgan fingerprint density at radius 2 is 1.88 bits per heavy atom. The Kier molecular flexibility index (Phi) is 6.00. The van der Waals surface area contributed by atoms with Gasteiger partial charge in [0.1, 0.15) is 17.0 Å². The number of anilines is 2. The van der Waals surface area contributed by atoms with Crippen LogP contribution in [0, 0.1) is 0 Å². The second-order valence-corrected chi connectivity index (χ2v) is 9.90. The Balaban J connectivity index is 1.46. The van der Waals surface area contributed by atoms with Crippen LogP contribution in [-0.4, -0.2) is 45.1 Å². The summed E-state index contributed by atoms with van der Waals surface area (Å²) < 4.78 is 25.4. The summed E-state index contributed by atoms with van der Waals surface area (Å²) in [6.07, 6.45) is 7.32. The normalized spacial score (nSPS) is 12.5. The summed E-state index contributed by atoms with van der Waals surface area (Å²) in [6, 6.07) is 5.61. The van der Waals surface area contributed by atoms with Crippen LogP contribution >= 0.6 is 11.6 Å². The van der Waals surface area contributed by atoms with Crippen LogP contribution in [0.5, 0.6) is 0 Å². The molecule has 1 atom stereocenters. The number of carbonyl (C=O) groups is 1. The Morgan fingerprint density at radius 3 is 2.58 bits per heavy atom. The van der Waals surface area contributed by atoms with Gasteiger partial charge in [0.2, 0.25) is 0 Å². The van der Waals surface area contributed by atoms with Gasteiger partial charge in [-0.1, -0.05) is 11.6 Å². The fraction of sp³-hybridized carbons (Fsp3) is 0.190. The number of nitrogens with one attached hydrogen (secondary N) is 2. The summed E-state index contributed by atoms with van der Waals surface area (Å²) >= 11 is 6.17. The highest BCUT2D eigenvalue weighted by Crippen LogP contribution is 2.27. The summed E-state index contributed by atoms with van der Waals surface area (Å²) in [5.74, 6) is 0.0205. The topological polar surface area (TPSA) is 132 Å². The van der Waals surface area contributed by atoms with Crippen LogP contribution in [0.3, 0.4) is 0 Å². The van der Waals surface area contributed by atoms with Gasteiger partial charge < -0.3 is 15.2 Å². The zero-order valence-electron chi connectivity index (χ0n) is 17.9. The summed E-state index contributed by atoms with van der Waals surface area (Å²) in [4.78, 5) is 29.8. The first-order valence-corrected chi connectivity index (χ1v) is 12.1. The summed E-state index contributed by atoms with van der Waals surface area (Å²) in [5, 5.41) is 6.15. The van der Waals surface area contributed by atoms with Crippen LogP contribution in [0.25, 0.3) is 11.0 Å². The Bertz CT molecular complexity index is 1450. The van der Waals surface area contributed by atoms with E-state index in [1.165, 1.54) is 30.6 Å². The van der Waals surface area contributed by atoms with Crippen molar-refractivity contribution < 1.29 is 13.2 Å². The first-order valence-electron chi connectivity index (χ1n) is 9.78. The van der Waals surface area contributed by atoms with Gasteiger partial charge in [-0.15, -0.1) is 0 Å². The standard InChI is InChI=1S/C21H20ClN7O3S/c1-12(27-21(30)16-7-19-18(9-23-16)26-11-29(19)2)17-8-25-20(10-24-17)28-15-6-13(33(3,31)32)4-5-14(15)22/h4-12H,1-3H3,(H,25,28)(H,27,30). The molecule has 4 rings (SSSR count). The molecular weight excluding hydrogens is 466 g/mol. The number of amides is 1. The number of rotatable bonds is 6. The predicted octanol–water partition coefficient (Wildman–Crippen LogP) is 3.05. The Hall–Kier alpha value is -3.57. The highest BCUT2D eigenvalue weighted by atomic mass is 35.5. The van der Waals surface area contributed by atoms with Crippen molar-refractivity contribution in [2.45, 2.75) is 17.9 Å². The number of aromatic nitrogens is 5. The SMILES string of the molecule is CC(NC(=O)c1cc2c(cn1)ncn2C)c1cnc(Nc2cc(S(C)(=O)=O)ccc2Cl)cn1. The van der Waals surface area contributed by atoms with Crippen molar-refractivity contribution in [3.8, 4) is 0 Å². The molecule has 0 saturated carbocycles. The van der Waals surface area contributed by atoms with Gasteiger partial charge in [0.25, 0.3) is 5.91 Å². The van der Waals surface area contributed by atoms with Gasteiger partial charge in [0.15, 0.2) is 9.84 Å². The molecule has 3 aromatic heterocycles. The number of halogens is 1. The minimum atomic E-state index is -3.38. The van der Waals surface area contributed by atoms with E-state index in [0.29, 0.717) is 27.7 Å². The minimum absolute atomic E-state index is 0.133. The number of aryl methyl sites for hydroxylation is 1. The molecule has 0 fully saturated rings. The third-order valence-corrected chi connectivity index (χ3v) is 6.38. The fourth-order valence-electron chi connectivity index (χ4n) is 3.09. The average Bonchev–Trinajstić information content (AvgIpc) is 3.15. The Morgan fingerprint density at radius 1 is 1.09 bits per heavy atom. The zero-order valence-corrected chi connectivity index (χ0v) is 19.5. The molecule has 170 valence electrons. The number of fused-ring (bicyclic) bond motifs is 1. The van der Waals surface area contributed by atoms with Gasteiger partial charge >= 0.3 is 0 Å². The maximum atomic E-state index is 12.6. The number of benzene rings is 1. The van der Waals surface area contributed by atoms with E-state index in [9.17, 15) is 13.2 Å². The molecule has 4 aromatic rings. The number of nitrogens with zero attached hydrogens (tertiary/aromatic N) is 5. The molecule has 0 aliphatic heterocycles. The maximum absolute atomic E-state index is 12.6. The highest BCUT2D eigenvalue weighted by Gasteiger charge is 2.16. The molecule has 1 unspecified atom stereocenters. The molecule has 0 aliphatic carbocycles. The van der Waals surface area contributed by atoms with Gasteiger partial charge in [-0.05, 0) is 31.2 Å². The lowest BCUT2D eigenvalue weighted by Crippen LogP contribution is -2.28. The zero-order chi connectivity index (χ0) is 23.8. The van der Waals surface area contributed by atoms with Gasteiger partial charge in [-0.2, -0.15) is 0 Å². The molecule has 2 N–H and O–H groups in total. The molecule has 0 saturated heterocycles. The van der Waals surface area contributed by atoms with Crippen LogP contribution in [-0.2, 0) is 16.9 Å². The minimum Gasteiger partial charge on any atom is -0.343 e. The van der Waals surface area contributed by atoms with E-state index in [4.69, 9.17) is 11.6 Å². The molecule has 1 amide bonds. The van der Waals surface area contributed by atoms with Gasteiger partial charge in [-0.3, -0.25) is 9.78 Å². The number of imidazole rings is 1. The largest absolute Gasteiger partial charge is 0.343 e. The molecule has 1 aromatic carbocycles. The van der Waals surface area contributed by atoms with Crippen molar-refractivity contribution in [2.24, 2.45) is 7.05 Å². The number of carbonyl (C=O) groups excluding carboxylic acids is 1. The quantitative estimate of drug-likeness (QED) is 0.426. The molecule has 10 nitrogen and oxygen atoms in total. The van der Waals surface area contributed by atoms with E-state index in [0.717, 1.165) is 11.8 Å². The molecule has 0 aliphatic rings. The van der Waals surface area contributed by atoms with Crippen molar-refractivity contribution in [3.05, 3.63) is 65.6 Å². The third-order valence-electron chi connectivity index (χ3n) is 4.94. The Labute approximate surface area is 195 Å². The van der Waals surface area contributed by atoms with Crippen LogP contribution in [0.15, 0.2) is 54.1 Å². The van der Waals surface area contributed by atoms with Crippen LogP contribution in [0.2, 0.25) is 5.02 Å². The van der Waals surface area contributed by atoms with Crippen molar-refractivity contribution in [1.29, 1.82) is 0 Å². The molecular formula is C21H20ClN7O3S. The molecule has 33 heavy (non-hydrogen) atoms. The lowest BCUT2D eigenvalue weighted by molar-refractivity contribution is 0.0934. The second-order valence-electron chi connectivity index (χ2n) is 7.47. The van der Waals surface area contributed by atoms with Gasteiger partial charge in [-0.25, -0.2) is 23.4 Å². The molecule has 0 spiro atoms. The van der Waals surface area contributed by atoms with E-state index in [-0.39, 0.29) is 16.5 Å². The average molecular weight is 486 g/mol. The predicted molar refractivity (Wildman–Crippen MR) is 124 cm³/mol. The lowest BCUT2D eigenvalue weighted by atomic mass is 10.2. The van der Waals surface area contributed by atoms with Crippen molar-refractivity contribution in [3.63, 3.8) is 0 Å². The first-order chi connectivity index (χ1) is 15.6. The number of pyridine rings is 1. The first kappa shape index (κ1) is 22.6. The third kappa shape index (κ3) is 4.94. The summed E-state index contributed by atoms with van der Waals surface area (Å²) in [5.41, 5.74) is 2.70.